The van der Waals surface area contributed by atoms with Crippen LogP contribution in [0.3, 0.4) is 0 Å². The molecule has 0 heterocycles. The predicted octanol–water partition coefficient (Wildman–Crippen LogP) is 2.44. The van der Waals surface area contributed by atoms with E-state index in [-0.39, 0.29) is 6.61 Å². The van der Waals surface area contributed by atoms with E-state index in [0.29, 0.717) is 18.1 Å². The monoisotopic (exact) mass is 325 g/mol. The van der Waals surface area contributed by atoms with Gasteiger partial charge in [0.15, 0.2) is 17.5 Å². The summed E-state index contributed by atoms with van der Waals surface area (Å²) < 4.78 is 15.9. The number of alkyl carbamates (subject to hydrolysis) is 1. The third-order valence-electron chi connectivity index (χ3n) is 2.54. The van der Waals surface area contributed by atoms with E-state index in [4.69, 9.17) is 14.2 Å². The highest BCUT2D eigenvalue weighted by atomic mass is 16.6. The molecule has 7 nitrogen and oxygen atoms in total. The number of carbonyl (C=O) groups excluding carboxylic acids is 1. The van der Waals surface area contributed by atoms with E-state index in [2.05, 4.69) is 5.32 Å². The summed E-state index contributed by atoms with van der Waals surface area (Å²) in [7, 11) is 0. The Morgan fingerprint density at radius 1 is 1.17 bits per heavy atom. The molecular weight excluding hydrogens is 302 g/mol. The number of carbonyl (C=O) groups is 2. The fourth-order valence-corrected chi connectivity index (χ4v) is 1.64. The average molecular weight is 325 g/mol. The Morgan fingerprint density at radius 2 is 1.74 bits per heavy atom. The smallest absolute Gasteiger partial charge is 0.408 e. The number of para-hydroxylation sites is 2. The van der Waals surface area contributed by atoms with Gasteiger partial charge in [-0.15, -0.1) is 0 Å². The van der Waals surface area contributed by atoms with Crippen molar-refractivity contribution in [3.8, 4) is 11.5 Å². The summed E-state index contributed by atoms with van der Waals surface area (Å²) in [6.45, 7) is 7.12. The van der Waals surface area contributed by atoms with E-state index < -0.39 is 23.7 Å². The standard InChI is InChI=1S/C16H23NO6/c1-5-21-12-8-6-7-9-13(12)22-10-11(14(18)19)17-15(20)23-16(2,3)4/h6-9,11H,5,10H2,1-4H3,(H,17,20)(H,18,19)/t11-/m0/s1. The van der Waals surface area contributed by atoms with Gasteiger partial charge < -0.3 is 24.6 Å². The topological polar surface area (TPSA) is 94.1 Å². The van der Waals surface area contributed by atoms with Gasteiger partial charge in [0.2, 0.25) is 0 Å². The third-order valence-corrected chi connectivity index (χ3v) is 2.54. The first-order valence-corrected chi connectivity index (χ1v) is 7.30. The van der Waals surface area contributed by atoms with Gasteiger partial charge in [0.25, 0.3) is 0 Å². The third kappa shape index (κ3) is 6.90. The number of ether oxygens (including phenoxy) is 3. The predicted molar refractivity (Wildman–Crippen MR) is 83.9 cm³/mol. The molecule has 0 aliphatic heterocycles. The van der Waals surface area contributed by atoms with Gasteiger partial charge in [0, 0.05) is 0 Å². The van der Waals surface area contributed by atoms with Crippen LogP contribution in [0.1, 0.15) is 27.7 Å². The van der Waals surface area contributed by atoms with Crippen LogP contribution in [0.4, 0.5) is 4.79 Å². The maximum atomic E-state index is 11.7. The summed E-state index contributed by atoms with van der Waals surface area (Å²) >= 11 is 0. The number of aliphatic carboxylic acids is 1. The maximum absolute atomic E-state index is 11.7. The number of amides is 1. The lowest BCUT2D eigenvalue weighted by Gasteiger charge is -2.22. The summed E-state index contributed by atoms with van der Waals surface area (Å²) in [6.07, 6.45) is -0.813. The minimum absolute atomic E-state index is 0.251. The van der Waals surface area contributed by atoms with Crippen LogP contribution in [-0.4, -0.2) is 42.0 Å². The summed E-state index contributed by atoms with van der Waals surface area (Å²) in [6, 6.07) is 5.67. The molecule has 0 unspecified atom stereocenters. The molecule has 128 valence electrons. The Bertz CT molecular complexity index is 538. The van der Waals surface area contributed by atoms with E-state index >= 15 is 0 Å². The summed E-state index contributed by atoms with van der Waals surface area (Å²) in [5.41, 5.74) is -0.713. The second-order valence-electron chi connectivity index (χ2n) is 5.73. The number of benzene rings is 1. The highest BCUT2D eigenvalue weighted by Gasteiger charge is 2.25. The first-order valence-electron chi connectivity index (χ1n) is 7.30. The molecule has 1 amide bonds. The molecule has 0 radical (unpaired) electrons. The number of rotatable bonds is 7. The first kappa shape index (κ1) is 18.6. The lowest BCUT2D eigenvalue weighted by Crippen LogP contribution is -2.46. The molecule has 1 aromatic rings. The van der Waals surface area contributed by atoms with E-state index in [1.807, 2.05) is 6.92 Å². The van der Waals surface area contributed by atoms with Crippen molar-refractivity contribution < 1.29 is 28.9 Å². The Morgan fingerprint density at radius 3 is 2.22 bits per heavy atom. The molecule has 0 bridgehead atoms. The normalized spacial score (nSPS) is 12.2. The van der Waals surface area contributed by atoms with E-state index in [1.54, 1.807) is 45.0 Å². The molecule has 0 saturated carbocycles. The average Bonchev–Trinajstić information content (AvgIpc) is 2.43. The van der Waals surface area contributed by atoms with Crippen molar-refractivity contribution in [1.29, 1.82) is 0 Å². The van der Waals surface area contributed by atoms with Gasteiger partial charge in [-0.3, -0.25) is 0 Å². The van der Waals surface area contributed by atoms with Crippen LogP contribution in [0, 0.1) is 0 Å². The Labute approximate surface area is 135 Å². The van der Waals surface area contributed by atoms with Crippen molar-refractivity contribution in [3.63, 3.8) is 0 Å². The molecule has 7 heteroatoms. The fraction of sp³-hybridized carbons (Fsp3) is 0.500. The summed E-state index contributed by atoms with van der Waals surface area (Å²) in [5.74, 6) is -0.298. The van der Waals surface area contributed by atoms with Crippen molar-refractivity contribution >= 4 is 12.1 Å². The van der Waals surface area contributed by atoms with Crippen molar-refractivity contribution in [2.75, 3.05) is 13.2 Å². The van der Waals surface area contributed by atoms with Crippen LogP contribution in [-0.2, 0) is 9.53 Å². The molecule has 1 atom stereocenters. The molecule has 0 aliphatic carbocycles. The van der Waals surface area contributed by atoms with E-state index in [9.17, 15) is 14.7 Å². The van der Waals surface area contributed by atoms with Crippen LogP contribution in [0.5, 0.6) is 11.5 Å². The molecule has 0 fully saturated rings. The number of hydrogen-bond acceptors (Lipinski definition) is 5. The van der Waals surface area contributed by atoms with Gasteiger partial charge in [-0.1, -0.05) is 12.1 Å². The molecule has 23 heavy (non-hydrogen) atoms. The molecule has 1 rings (SSSR count). The Balaban J connectivity index is 2.67. The van der Waals surface area contributed by atoms with Gasteiger partial charge in [-0.05, 0) is 39.8 Å². The van der Waals surface area contributed by atoms with Crippen LogP contribution < -0.4 is 14.8 Å². The molecule has 2 N–H and O–H groups in total. The molecular formula is C16H23NO6. The van der Waals surface area contributed by atoms with Crippen LogP contribution >= 0.6 is 0 Å². The van der Waals surface area contributed by atoms with Gasteiger partial charge in [0.1, 0.15) is 12.2 Å². The molecule has 1 aromatic carbocycles. The Hall–Kier alpha value is -2.44. The van der Waals surface area contributed by atoms with Gasteiger partial charge in [-0.25, -0.2) is 9.59 Å². The minimum Gasteiger partial charge on any atom is -0.490 e. The zero-order chi connectivity index (χ0) is 17.5. The Kier molecular flexibility index (Phi) is 6.68. The molecule has 0 aliphatic rings. The van der Waals surface area contributed by atoms with Crippen LogP contribution in [0.2, 0.25) is 0 Å². The maximum Gasteiger partial charge on any atom is 0.408 e. The van der Waals surface area contributed by atoms with Crippen molar-refractivity contribution in [2.45, 2.75) is 39.3 Å². The van der Waals surface area contributed by atoms with Gasteiger partial charge in [0.05, 0.1) is 6.61 Å². The number of nitrogens with one attached hydrogen (secondary N) is 1. The highest BCUT2D eigenvalue weighted by molar-refractivity contribution is 5.80. The second kappa shape index (κ2) is 8.26. The van der Waals surface area contributed by atoms with Crippen LogP contribution in [0.15, 0.2) is 24.3 Å². The van der Waals surface area contributed by atoms with E-state index in [0.717, 1.165) is 0 Å². The number of carboxylic acid groups (broad SMARTS) is 1. The largest absolute Gasteiger partial charge is 0.490 e. The van der Waals surface area contributed by atoms with Crippen molar-refractivity contribution in [1.82, 2.24) is 5.32 Å². The zero-order valence-corrected chi connectivity index (χ0v) is 13.8. The van der Waals surface area contributed by atoms with Gasteiger partial charge in [-0.2, -0.15) is 0 Å². The van der Waals surface area contributed by atoms with Crippen molar-refractivity contribution in [2.24, 2.45) is 0 Å². The van der Waals surface area contributed by atoms with Crippen molar-refractivity contribution in [3.05, 3.63) is 24.3 Å². The highest BCUT2D eigenvalue weighted by Crippen LogP contribution is 2.26. The summed E-state index contributed by atoms with van der Waals surface area (Å²) in [4.78, 5) is 22.9. The van der Waals surface area contributed by atoms with Gasteiger partial charge >= 0.3 is 12.1 Å². The minimum atomic E-state index is -1.24. The summed E-state index contributed by atoms with van der Waals surface area (Å²) in [5, 5.41) is 11.5. The second-order valence-corrected chi connectivity index (χ2v) is 5.73. The zero-order valence-electron chi connectivity index (χ0n) is 13.8. The number of carboxylic acids is 1. The first-order chi connectivity index (χ1) is 10.7. The molecule has 0 aromatic heterocycles. The number of hydrogen-bond donors (Lipinski definition) is 2. The molecule has 0 saturated heterocycles. The lowest BCUT2D eigenvalue weighted by molar-refractivity contribution is -0.140. The van der Waals surface area contributed by atoms with Crippen LogP contribution in [0.25, 0.3) is 0 Å². The lowest BCUT2D eigenvalue weighted by atomic mass is 10.2. The van der Waals surface area contributed by atoms with E-state index in [1.165, 1.54) is 0 Å². The SMILES string of the molecule is CCOc1ccccc1OC[C@H](NC(=O)OC(C)(C)C)C(=O)O. The fourth-order valence-electron chi connectivity index (χ4n) is 1.64. The quantitative estimate of drug-likeness (QED) is 0.799. The molecule has 0 spiro atoms.